The van der Waals surface area contributed by atoms with Gasteiger partial charge in [0.05, 0.1) is 12.5 Å². The standard InChI is InChI=1S/C24H29NO2/c1-27-23(26)24(21-10-6-3-7-11-21)17-22(24)18-25-14-12-20(13-15-25)16-19-8-4-2-5-9-19/h2-11,20,22H,12-18H2,1H3/t22-,24+/m1/s1. The van der Waals surface area contributed by atoms with Gasteiger partial charge in [0.1, 0.15) is 0 Å². The van der Waals surface area contributed by atoms with Crippen LogP contribution in [0.2, 0.25) is 0 Å². The van der Waals surface area contributed by atoms with Crippen molar-refractivity contribution in [1.82, 2.24) is 4.90 Å². The average molecular weight is 364 g/mol. The Morgan fingerprint density at radius 1 is 1.04 bits per heavy atom. The van der Waals surface area contributed by atoms with Gasteiger partial charge in [-0.25, -0.2) is 0 Å². The molecule has 1 aliphatic heterocycles. The molecule has 0 spiro atoms. The normalized spacial score (nSPS) is 25.9. The summed E-state index contributed by atoms with van der Waals surface area (Å²) in [5.41, 5.74) is 2.14. The predicted octanol–water partition coefficient (Wildman–Crippen LogP) is 4.07. The summed E-state index contributed by atoms with van der Waals surface area (Å²) in [7, 11) is 1.51. The van der Waals surface area contributed by atoms with E-state index in [-0.39, 0.29) is 5.97 Å². The molecule has 0 aromatic heterocycles. The summed E-state index contributed by atoms with van der Waals surface area (Å²) in [6, 6.07) is 21.0. The predicted molar refractivity (Wildman–Crippen MR) is 108 cm³/mol. The molecule has 0 N–H and O–H groups in total. The van der Waals surface area contributed by atoms with Crippen molar-refractivity contribution in [2.75, 3.05) is 26.7 Å². The molecular formula is C24H29NO2. The summed E-state index contributed by atoms with van der Waals surface area (Å²) in [5, 5.41) is 0. The maximum Gasteiger partial charge on any atom is 0.316 e. The second-order valence-corrected chi connectivity index (χ2v) is 8.16. The summed E-state index contributed by atoms with van der Waals surface area (Å²) < 4.78 is 5.18. The van der Waals surface area contributed by atoms with Crippen LogP contribution in [0.4, 0.5) is 0 Å². The third-order valence-corrected chi connectivity index (χ3v) is 6.50. The van der Waals surface area contributed by atoms with E-state index in [1.807, 2.05) is 18.2 Å². The molecule has 2 aliphatic rings. The first-order valence-corrected chi connectivity index (χ1v) is 10.1. The molecule has 3 nitrogen and oxygen atoms in total. The van der Waals surface area contributed by atoms with Crippen LogP contribution in [0.15, 0.2) is 60.7 Å². The fourth-order valence-corrected chi connectivity index (χ4v) is 4.82. The fraction of sp³-hybridized carbons (Fsp3) is 0.458. The van der Waals surface area contributed by atoms with Crippen LogP contribution in [0, 0.1) is 11.8 Å². The Morgan fingerprint density at radius 2 is 1.67 bits per heavy atom. The van der Waals surface area contributed by atoms with Crippen molar-refractivity contribution >= 4 is 5.97 Å². The number of hydrogen-bond acceptors (Lipinski definition) is 3. The van der Waals surface area contributed by atoms with E-state index < -0.39 is 5.41 Å². The van der Waals surface area contributed by atoms with Crippen LogP contribution in [-0.2, 0) is 21.4 Å². The number of carbonyl (C=O) groups excluding carboxylic acids is 1. The molecule has 2 aromatic carbocycles. The van der Waals surface area contributed by atoms with Gasteiger partial charge in [-0.2, -0.15) is 0 Å². The topological polar surface area (TPSA) is 29.5 Å². The van der Waals surface area contributed by atoms with Crippen LogP contribution in [0.25, 0.3) is 0 Å². The van der Waals surface area contributed by atoms with Crippen molar-refractivity contribution in [3.63, 3.8) is 0 Å². The van der Waals surface area contributed by atoms with Gasteiger partial charge in [-0.3, -0.25) is 4.79 Å². The Morgan fingerprint density at radius 3 is 2.30 bits per heavy atom. The molecule has 142 valence electrons. The minimum atomic E-state index is -0.420. The largest absolute Gasteiger partial charge is 0.468 e. The van der Waals surface area contributed by atoms with Gasteiger partial charge in [0.25, 0.3) is 0 Å². The van der Waals surface area contributed by atoms with Crippen LogP contribution >= 0.6 is 0 Å². The molecule has 27 heavy (non-hydrogen) atoms. The molecular weight excluding hydrogens is 334 g/mol. The zero-order valence-electron chi connectivity index (χ0n) is 16.1. The maximum absolute atomic E-state index is 12.6. The van der Waals surface area contributed by atoms with Gasteiger partial charge in [-0.1, -0.05) is 60.7 Å². The Kier molecular flexibility index (Phi) is 5.31. The minimum absolute atomic E-state index is 0.0716. The van der Waals surface area contributed by atoms with Gasteiger partial charge in [-0.05, 0) is 61.7 Å². The molecule has 0 bridgehead atoms. The Balaban J connectivity index is 1.33. The maximum atomic E-state index is 12.6. The van der Waals surface area contributed by atoms with Crippen molar-refractivity contribution in [3.05, 3.63) is 71.8 Å². The number of likely N-dealkylation sites (tertiary alicyclic amines) is 1. The van der Waals surface area contributed by atoms with E-state index in [0.717, 1.165) is 37.5 Å². The van der Waals surface area contributed by atoms with Crippen molar-refractivity contribution in [2.45, 2.75) is 31.1 Å². The van der Waals surface area contributed by atoms with Gasteiger partial charge in [0, 0.05) is 6.54 Å². The number of nitrogens with zero attached hydrogens (tertiary/aromatic N) is 1. The highest BCUT2D eigenvalue weighted by atomic mass is 16.5. The first-order valence-electron chi connectivity index (χ1n) is 10.1. The zero-order chi connectivity index (χ0) is 18.7. The number of ether oxygens (including phenoxy) is 1. The highest BCUT2D eigenvalue weighted by Crippen LogP contribution is 2.55. The average Bonchev–Trinajstić information content (AvgIpc) is 3.45. The lowest BCUT2D eigenvalue weighted by molar-refractivity contribution is -0.144. The number of esters is 1. The number of methoxy groups -OCH3 is 1. The lowest BCUT2D eigenvalue weighted by Gasteiger charge is -2.32. The quantitative estimate of drug-likeness (QED) is 0.725. The molecule has 3 heteroatoms. The number of carbonyl (C=O) groups is 1. The third-order valence-electron chi connectivity index (χ3n) is 6.50. The van der Waals surface area contributed by atoms with Crippen molar-refractivity contribution in [1.29, 1.82) is 0 Å². The molecule has 1 heterocycles. The highest BCUT2D eigenvalue weighted by molar-refractivity contribution is 5.87. The second kappa shape index (κ2) is 7.85. The third kappa shape index (κ3) is 3.79. The van der Waals surface area contributed by atoms with E-state index in [2.05, 4.69) is 47.4 Å². The highest BCUT2D eigenvalue weighted by Gasteiger charge is 2.62. The van der Waals surface area contributed by atoms with E-state index in [0.29, 0.717) is 5.92 Å². The SMILES string of the molecule is COC(=O)[C@]1(c2ccccc2)C[C@@H]1CN1CCC(Cc2ccccc2)CC1. The molecule has 2 aromatic rings. The smallest absolute Gasteiger partial charge is 0.316 e. The first-order chi connectivity index (χ1) is 13.2. The summed E-state index contributed by atoms with van der Waals surface area (Å²) in [4.78, 5) is 15.1. The second-order valence-electron chi connectivity index (χ2n) is 8.16. The molecule has 1 aliphatic carbocycles. The van der Waals surface area contributed by atoms with Crippen LogP contribution in [0.3, 0.4) is 0 Å². The Hall–Kier alpha value is -2.13. The van der Waals surface area contributed by atoms with Crippen LogP contribution in [0.1, 0.15) is 30.4 Å². The van der Waals surface area contributed by atoms with Crippen LogP contribution < -0.4 is 0 Å². The summed E-state index contributed by atoms with van der Waals surface area (Å²) in [5.74, 6) is 1.08. The molecule has 4 rings (SSSR count). The molecule has 0 unspecified atom stereocenters. The molecule has 2 fully saturated rings. The lowest BCUT2D eigenvalue weighted by atomic mass is 9.89. The number of rotatable bonds is 6. The molecule has 0 radical (unpaired) electrons. The Bertz CT molecular complexity index is 752. The van der Waals surface area contributed by atoms with Gasteiger partial charge in [0.2, 0.25) is 0 Å². The van der Waals surface area contributed by atoms with Gasteiger partial charge >= 0.3 is 5.97 Å². The number of hydrogen-bond donors (Lipinski definition) is 0. The van der Waals surface area contributed by atoms with Crippen molar-refractivity contribution < 1.29 is 9.53 Å². The van der Waals surface area contributed by atoms with E-state index in [9.17, 15) is 4.79 Å². The summed E-state index contributed by atoms with van der Waals surface area (Å²) in [6.45, 7) is 3.28. The van der Waals surface area contributed by atoms with Crippen LogP contribution in [0.5, 0.6) is 0 Å². The van der Waals surface area contributed by atoms with Crippen molar-refractivity contribution in [3.8, 4) is 0 Å². The van der Waals surface area contributed by atoms with Gasteiger partial charge in [0.15, 0.2) is 0 Å². The zero-order valence-corrected chi connectivity index (χ0v) is 16.1. The van der Waals surface area contributed by atoms with Gasteiger partial charge < -0.3 is 9.64 Å². The van der Waals surface area contributed by atoms with E-state index in [1.165, 1.54) is 31.9 Å². The van der Waals surface area contributed by atoms with Crippen molar-refractivity contribution in [2.24, 2.45) is 11.8 Å². The number of piperidine rings is 1. The summed E-state index contributed by atoms with van der Waals surface area (Å²) in [6.07, 6.45) is 4.60. The Labute approximate surface area is 162 Å². The molecule has 1 saturated heterocycles. The molecule has 1 saturated carbocycles. The summed E-state index contributed by atoms with van der Waals surface area (Å²) >= 11 is 0. The fourth-order valence-electron chi connectivity index (χ4n) is 4.82. The minimum Gasteiger partial charge on any atom is -0.468 e. The van der Waals surface area contributed by atoms with Gasteiger partial charge in [-0.15, -0.1) is 0 Å². The van der Waals surface area contributed by atoms with E-state index >= 15 is 0 Å². The molecule has 2 atom stereocenters. The van der Waals surface area contributed by atoms with Crippen LogP contribution in [-0.4, -0.2) is 37.6 Å². The number of benzene rings is 2. The molecule has 0 amide bonds. The van der Waals surface area contributed by atoms with E-state index in [1.54, 1.807) is 0 Å². The van der Waals surface area contributed by atoms with E-state index in [4.69, 9.17) is 4.74 Å². The lowest BCUT2D eigenvalue weighted by Crippen LogP contribution is -2.37. The monoisotopic (exact) mass is 363 g/mol. The first kappa shape index (κ1) is 18.2.